The van der Waals surface area contributed by atoms with Crippen LogP contribution in [0.15, 0.2) is 0 Å². The lowest BCUT2D eigenvalue weighted by atomic mass is 10.2. The number of carbonyl (C=O) groups excluding carboxylic acids is 2. The number of rotatable bonds is 4. The Kier molecular flexibility index (Phi) is 5.08. The van der Waals surface area contributed by atoms with Gasteiger partial charge >= 0.3 is 12.0 Å². The summed E-state index contributed by atoms with van der Waals surface area (Å²) in [5.74, 6) is -0.393. The Morgan fingerprint density at radius 2 is 2.00 bits per heavy atom. The van der Waals surface area contributed by atoms with Crippen molar-refractivity contribution in [3.63, 3.8) is 0 Å². The normalized spacial score (nSPS) is 15.9. The minimum absolute atomic E-state index is 0.0519. The number of nitrogens with zero attached hydrogens (tertiary/aromatic N) is 1. The summed E-state index contributed by atoms with van der Waals surface area (Å²) < 4.78 is 4.73. The number of esters is 1. The molecule has 0 radical (unpaired) electrons. The molecular formula is C11H20N2O3. The van der Waals surface area contributed by atoms with Crippen molar-refractivity contribution in [2.75, 3.05) is 20.2 Å². The van der Waals surface area contributed by atoms with E-state index in [9.17, 15) is 9.59 Å². The van der Waals surface area contributed by atoms with E-state index in [0.29, 0.717) is 12.6 Å². The SMILES string of the molecule is CCOC(=O)CNC(=O)N(C)C1CCCC1. The van der Waals surface area contributed by atoms with Crippen LogP contribution < -0.4 is 5.32 Å². The van der Waals surface area contributed by atoms with Gasteiger partial charge in [-0.05, 0) is 19.8 Å². The number of hydrogen-bond acceptors (Lipinski definition) is 3. The van der Waals surface area contributed by atoms with Crippen LogP contribution in [0.1, 0.15) is 32.6 Å². The van der Waals surface area contributed by atoms with E-state index in [4.69, 9.17) is 4.74 Å². The van der Waals surface area contributed by atoms with E-state index in [1.165, 1.54) is 12.8 Å². The zero-order chi connectivity index (χ0) is 12.0. The Morgan fingerprint density at radius 1 is 1.38 bits per heavy atom. The van der Waals surface area contributed by atoms with Crippen LogP contribution in [0.5, 0.6) is 0 Å². The monoisotopic (exact) mass is 228 g/mol. The van der Waals surface area contributed by atoms with Gasteiger partial charge in [-0.15, -0.1) is 0 Å². The highest BCUT2D eigenvalue weighted by Gasteiger charge is 2.23. The molecule has 5 heteroatoms. The predicted octanol–water partition coefficient (Wildman–Crippen LogP) is 1.13. The lowest BCUT2D eigenvalue weighted by Gasteiger charge is -2.24. The van der Waals surface area contributed by atoms with Crippen LogP contribution in [0, 0.1) is 0 Å². The highest BCUT2D eigenvalue weighted by molar-refractivity contribution is 5.80. The summed E-state index contributed by atoms with van der Waals surface area (Å²) >= 11 is 0. The molecule has 1 N–H and O–H groups in total. The molecule has 5 nitrogen and oxygen atoms in total. The van der Waals surface area contributed by atoms with Gasteiger partial charge in [0.15, 0.2) is 0 Å². The van der Waals surface area contributed by atoms with Gasteiger partial charge in [0, 0.05) is 13.1 Å². The first-order valence-corrected chi connectivity index (χ1v) is 5.81. The first-order valence-electron chi connectivity index (χ1n) is 5.81. The fourth-order valence-electron chi connectivity index (χ4n) is 1.94. The smallest absolute Gasteiger partial charge is 0.325 e. The maximum atomic E-state index is 11.6. The molecule has 0 aromatic carbocycles. The van der Waals surface area contributed by atoms with Crippen LogP contribution >= 0.6 is 0 Å². The molecule has 2 amide bonds. The van der Waals surface area contributed by atoms with Gasteiger partial charge < -0.3 is 15.0 Å². The van der Waals surface area contributed by atoms with E-state index in [-0.39, 0.29) is 12.6 Å². The van der Waals surface area contributed by atoms with Crippen LogP contribution in [0.4, 0.5) is 4.79 Å². The molecule has 92 valence electrons. The number of nitrogens with one attached hydrogen (secondary N) is 1. The van der Waals surface area contributed by atoms with Gasteiger partial charge in [0.2, 0.25) is 0 Å². The molecule has 1 aliphatic carbocycles. The molecule has 1 aliphatic rings. The summed E-state index contributed by atoms with van der Waals surface area (Å²) in [7, 11) is 1.77. The molecule has 0 heterocycles. The average Bonchev–Trinajstić information content (AvgIpc) is 2.78. The number of ether oxygens (including phenoxy) is 1. The Labute approximate surface area is 96.1 Å². The molecule has 0 unspecified atom stereocenters. The second kappa shape index (κ2) is 6.35. The van der Waals surface area contributed by atoms with E-state index < -0.39 is 5.97 Å². The minimum Gasteiger partial charge on any atom is -0.465 e. The van der Waals surface area contributed by atoms with Gasteiger partial charge in [0.1, 0.15) is 6.54 Å². The summed E-state index contributed by atoms with van der Waals surface area (Å²) in [6.07, 6.45) is 4.48. The van der Waals surface area contributed by atoms with Gasteiger partial charge in [0.05, 0.1) is 6.61 Å². The zero-order valence-electron chi connectivity index (χ0n) is 9.99. The van der Waals surface area contributed by atoms with Gasteiger partial charge in [0.25, 0.3) is 0 Å². The Hall–Kier alpha value is -1.26. The van der Waals surface area contributed by atoms with Crippen molar-refractivity contribution in [1.82, 2.24) is 10.2 Å². The average molecular weight is 228 g/mol. The molecule has 1 rings (SSSR count). The molecule has 1 fully saturated rings. The van der Waals surface area contributed by atoms with Crippen LogP contribution in [0.2, 0.25) is 0 Å². The van der Waals surface area contributed by atoms with E-state index in [1.807, 2.05) is 0 Å². The molecule has 0 aromatic heterocycles. The topological polar surface area (TPSA) is 58.6 Å². The quantitative estimate of drug-likeness (QED) is 0.734. The fourth-order valence-corrected chi connectivity index (χ4v) is 1.94. The van der Waals surface area contributed by atoms with Crippen LogP contribution in [-0.4, -0.2) is 43.1 Å². The van der Waals surface area contributed by atoms with Gasteiger partial charge in [-0.25, -0.2) is 4.79 Å². The van der Waals surface area contributed by atoms with Crippen LogP contribution in [-0.2, 0) is 9.53 Å². The molecule has 16 heavy (non-hydrogen) atoms. The third-order valence-electron chi connectivity index (χ3n) is 2.88. The first-order chi connectivity index (χ1) is 7.65. The highest BCUT2D eigenvalue weighted by atomic mass is 16.5. The third-order valence-corrected chi connectivity index (χ3v) is 2.88. The molecule has 1 saturated carbocycles. The van der Waals surface area contributed by atoms with E-state index in [2.05, 4.69) is 5.32 Å². The zero-order valence-corrected chi connectivity index (χ0v) is 9.99. The van der Waals surface area contributed by atoms with Crippen molar-refractivity contribution in [3.8, 4) is 0 Å². The highest BCUT2D eigenvalue weighted by Crippen LogP contribution is 2.22. The van der Waals surface area contributed by atoms with E-state index in [0.717, 1.165) is 12.8 Å². The number of carbonyl (C=O) groups is 2. The lowest BCUT2D eigenvalue weighted by Crippen LogP contribution is -2.44. The largest absolute Gasteiger partial charge is 0.465 e. The van der Waals surface area contributed by atoms with Crippen molar-refractivity contribution in [3.05, 3.63) is 0 Å². The summed E-state index contributed by atoms with van der Waals surface area (Å²) in [6, 6.07) is 0.127. The predicted molar refractivity (Wildman–Crippen MR) is 60.1 cm³/mol. The van der Waals surface area contributed by atoms with Crippen molar-refractivity contribution in [1.29, 1.82) is 0 Å². The van der Waals surface area contributed by atoms with Gasteiger partial charge in [-0.1, -0.05) is 12.8 Å². The second-order valence-electron chi connectivity index (χ2n) is 4.01. The molecule has 0 spiro atoms. The third kappa shape index (κ3) is 3.72. The van der Waals surface area contributed by atoms with Crippen molar-refractivity contribution in [2.24, 2.45) is 0 Å². The van der Waals surface area contributed by atoms with E-state index in [1.54, 1.807) is 18.9 Å². The van der Waals surface area contributed by atoms with Crippen LogP contribution in [0.3, 0.4) is 0 Å². The molecule has 0 bridgehead atoms. The maximum absolute atomic E-state index is 11.6. The first kappa shape index (κ1) is 12.8. The summed E-state index contributed by atoms with van der Waals surface area (Å²) in [5, 5.41) is 2.56. The molecule has 0 aromatic rings. The van der Waals surface area contributed by atoms with E-state index >= 15 is 0 Å². The van der Waals surface area contributed by atoms with Gasteiger partial charge in [-0.3, -0.25) is 4.79 Å². The van der Waals surface area contributed by atoms with Gasteiger partial charge in [-0.2, -0.15) is 0 Å². The fraction of sp³-hybridized carbons (Fsp3) is 0.818. The Bertz CT molecular complexity index is 250. The minimum atomic E-state index is -0.393. The Balaban J connectivity index is 2.25. The summed E-state index contributed by atoms with van der Waals surface area (Å²) in [4.78, 5) is 24.4. The standard InChI is InChI=1S/C11H20N2O3/c1-3-16-10(14)8-12-11(15)13(2)9-6-4-5-7-9/h9H,3-8H2,1-2H3,(H,12,15). The van der Waals surface area contributed by atoms with Crippen LogP contribution in [0.25, 0.3) is 0 Å². The van der Waals surface area contributed by atoms with Crippen molar-refractivity contribution < 1.29 is 14.3 Å². The number of urea groups is 1. The maximum Gasteiger partial charge on any atom is 0.325 e. The molecule has 0 atom stereocenters. The van der Waals surface area contributed by atoms with Crippen molar-refractivity contribution >= 4 is 12.0 Å². The lowest BCUT2D eigenvalue weighted by molar-refractivity contribution is -0.141. The number of hydrogen-bond donors (Lipinski definition) is 1. The number of amides is 2. The Morgan fingerprint density at radius 3 is 2.56 bits per heavy atom. The molecular weight excluding hydrogens is 208 g/mol. The summed E-state index contributed by atoms with van der Waals surface area (Å²) in [5.41, 5.74) is 0. The van der Waals surface area contributed by atoms with Crippen molar-refractivity contribution in [2.45, 2.75) is 38.6 Å². The summed E-state index contributed by atoms with van der Waals surface area (Å²) in [6.45, 7) is 2.03. The molecule has 0 saturated heterocycles. The second-order valence-corrected chi connectivity index (χ2v) is 4.01. The molecule has 0 aliphatic heterocycles.